The lowest BCUT2D eigenvalue weighted by Gasteiger charge is -2.31. The summed E-state index contributed by atoms with van der Waals surface area (Å²) in [6.07, 6.45) is 0. The van der Waals surface area contributed by atoms with Crippen molar-refractivity contribution in [3.05, 3.63) is 52.8 Å². The average molecular weight is 393 g/mol. The highest BCUT2D eigenvalue weighted by Gasteiger charge is 2.21. The molecule has 3 heterocycles. The fraction of sp³-hybridized carbons (Fsp3) is 0.409. The van der Waals surface area contributed by atoms with Gasteiger partial charge in [-0.2, -0.15) is 5.10 Å². The van der Waals surface area contributed by atoms with Crippen molar-refractivity contribution >= 4 is 22.6 Å². The Morgan fingerprint density at radius 3 is 2.66 bits per heavy atom. The van der Waals surface area contributed by atoms with E-state index in [-0.39, 0.29) is 5.91 Å². The molecule has 0 spiro atoms. The van der Waals surface area contributed by atoms with Gasteiger partial charge in [0.05, 0.1) is 30.2 Å². The number of hydrogen-bond acceptors (Lipinski definition) is 5. The third-order valence-corrected chi connectivity index (χ3v) is 5.52. The van der Waals surface area contributed by atoms with Crippen LogP contribution >= 0.6 is 0 Å². The van der Waals surface area contributed by atoms with Gasteiger partial charge in [-0.05, 0) is 31.5 Å². The Labute approximate surface area is 170 Å². The SMILES string of the molecule is Cc1nc2c(cc1C(=O)N(C)Cc1ccccc1N1CCOCC1)c(C)nn2C. The van der Waals surface area contributed by atoms with Crippen molar-refractivity contribution in [3.8, 4) is 0 Å². The Balaban J connectivity index is 1.60. The van der Waals surface area contributed by atoms with Crippen LogP contribution in [-0.2, 0) is 18.3 Å². The second kappa shape index (κ2) is 7.83. The normalized spacial score (nSPS) is 14.4. The minimum atomic E-state index is -0.0306. The quantitative estimate of drug-likeness (QED) is 0.682. The van der Waals surface area contributed by atoms with E-state index in [1.54, 1.807) is 9.58 Å². The predicted molar refractivity (Wildman–Crippen MR) is 113 cm³/mol. The number of hydrogen-bond donors (Lipinski definition) is 0. The van der Waals surface area contributed by atoms with Crippen molar-refractivity contribution in [1.82, 2.24) is 19.7 Å². The molecule has 0 saturated carbocycles. The monoisotopic (exact) mass is 393 g/mol. The molecule has 1 fully saturated rings. The number of morpholine rings is 1. The molecule has 1 aliphatic heterocycles. The largest absolute Gasteiger partial charge is 0.378 e. The van der Waals surface area contributed by atoms with Crippen molar-refractivity contribution in [2.75, 3.05) is 38.3 Å². The van der Waals surface area contributed by atoms with Crippen LogP contribution in [0.25, 0.3) is 11.0 Å². The summed E-state index contributed by atoms with van der Waals surface area (Å²) < 4.78 is 7.24. The number of fused-ring (bicyclic) bond motifs is 1. The lowest BCUT2D eigenvalue weighted by molar-refractivity contribution is 0.0784. The highest BCUT2D eigenvalue weighted by atomic mass is 16.5. The van der Waals surface area contributed by atoms with E-state index >= 15 is 0 Å². The second-order valence-electron chi connectivity index (χ2n) is 7.59. The minimum Gasteiger partial charge on any atom is -0.378 e. The van der Waals surface area contributed by atoms with E-state index in [4.69, 9.17) is 4.74 Å². The van der Waals surface area contributed by atoms with Crippen LogP contribution in [0.15, 0.2) is 30.3 Å². The van der Waals surface area contributed by atoms with Crippen molar-refractivity contribution in [2.24, 2.45) is 7.05 Å². The predicted octanol–water partition coefficient (Wildman–Crippen LogP) is 2.69. The first-order valence-corrected chi connectivity index (χ1v) is 9.92. The van der Waals surface area contributed by atoms with Crippen LogP contribution in [0.5, 0.6) is 0 Å². The van der Waals surface area contributed by atoms with Gasteiger partial charge in [-0.1, -0.05) is 18.2 Å². The molecule has 29 heavy (non-hydrogen) atoms. The number of carbonyl (C=O) groups excluding carboxylic acids is 1. The fourth-order valence-corrected chi connectivity index (χ4v) is 3.94. The van der Waals surface area contributed by atoms with E-state index in [0.29, 0.717) is 12.1 Å². The summed E-state index contributed by atoms with van der Waals surface area (Å²) in [5.41, 5.74) is 5.33. The fourth-order valence-electron chi connectivity index (χ4n) is 3.94. The first-order chi connectivity index (χ1) is 14.0. The maximum absolute atomic E-state index is 13.2. The number of aromatic nitrogens is 3. The summed E-state index contributed by atoms with van der Waals surface area (Å²) in [7, 11) is 3.72. The van der Waals surface area contributed by atoms with Crippen LogP contribution in [0, 0.1) is 13.8 Å². The Bertz CT molecular complexity index is 1050. The van der Waals surface area contributed by atoms with E-state index in [9.17, 15) is 4.79 Å². The molecular weight excluding hydrogens is 366 g/mol. The van der Waals surface area contributed by atoms with Crippen molar-refractivity contribution in [3.63, 3.8) is 0 Å². The molecule has 1 aliphatic rings. The third kappa shape index (κ3) is 3.70. The Morgan fingerprint density at radius 1 is 1.17 bits per heavy atom. The molecule has 2 aromatic heterocycles. The first kappa shape index (κ1) is 19.4. The van der Waals surface area contributed by atoms with Gasteiger partial charge in [-0.15, -0.1) is 0 Å². The average Bonchev–Trinajstić information content (AvgIpc) is 3.00. The Morgan fingerprint density at radius 2 is 1.90 bits per heavy atom. The third-order valence-electron chi connectivity index (χ3n) is 5.52. The molecule has 0 N–H and O–H groups in total. The number of ether oxygens (including phenoxy) is 1. The lowest BCUT2D eigenvalue weighted by Crippen LogP contribution is -2.37. The van der Waals surface area contributed by atoms with Gasteiger partial charge in [-0.3, -0.25) is 9.48 Å². The minimum absolute atomic E-state index is 0.0306. The van der Waals surface area contributed by atoms with Gasteiger partial charge in [0.15, 0.2) is 5.65 Å². The Kier molecular flexibility index (Phi) is 5.24. The van der Waals surface area contributed by atoms with E-state index in [1.807, 2.05) is 46.1 Å². The van der Waals surface area contributed by atoms with Crippen LogP contribution < -0.4 is 4.90 Å². The van der Waals surface area contributed by atoms with Crippen LogP contribution in [0.1, 0.15) is 27.3 Å². The van der Waals surface area contributed by atoms with Crippen molar-refractivity contribution in [1.29, 1.82) is 0 Å². The number of rotatable bonds is 4. The van der Waals surface area contributed by atoms with Crippen LogP contribution in [0.4, 0.5) is 5.69 Å². The van der Waals surface area contributed by atoms with Crippen LogP contribution in [0.3, 0.4) is 0 Å². The van der Waals surface area contributed by atoms with E-state index in [2.05, 4.69) is 27.1 Å². The molecular formula is C22H27N5O2. The molecule has 0 atom stereocenters. The summed E-state index contributed by atoms with van der Waals surface area (Å²) >= 11 is 0. The summed E-state index contributed by atoms with van der Waals surface area (Å²) in [6.45, 7) is 7.57. The number of carbonyl (C=O) groups is 1. The molecule has 1 amide bonds. The van der Waals surface area contributed by atoms with E-state index in [1.165, 1.54) is 5.69 Å². The maximum Gasteiger partial charge on any atom is 0.255 e. The molecule has 0 aliphatic carbocycles. The summed E-state index contributed by atoms with van der Waals surface area (Å²) in [4.78, 5) is 22.0. The standard InChI is InChI=1S/C22H27N5O2/c1-15-19(13-18-16(2)24-26(4)21(18)23-15)22(28)25(3)14-17-7-5-6-8-20(17)27-9-11-29-12-10-27/h5-8,13H,9-12,14H2,1-4H3. The molecule has 0 bridgehead atoms. The maximum atomic E-state index is 13.2. The second-order valence-corrected chi connectivity index (χ2v) is 7.59. The Hall–Kier alpha value is -2.93. The van der Waals surface area contributed by atoms with Gasteiger partial charge in [0, 0.05) is 44.8 Å². The van der Waals surface area contributed by atoms with Crippen molar-refractivity contribution in [2.45, 2.75) is 20.4 Å². The molecule has 0 radical (unpaired) electrons. The van der Waals surface area contributed by atoms with Crippen LogP contribution in [0.2, 0.25) is 0 Å². The number of aryl methyl sites for hydroxylation is 3. The number of pyridine rings is 1. The molecule has 7 nitrogen and oxygen atoms in total. The molecule has 7 heteroatoms. The first-order valence-electron chi connectivity index (χ1n) is 9.92. The molecule has 1 saturated heterocycles. The zero-order valence-electron chi connectivity index (χ0n) is 17.5. The van der Waals surface area contributed by atoms with Crippen molar-refractivity contribution < 1.29 is 9.53 Å². The zero-order valence-corrected chi connectivity index (χ0v) is 17.5. The molecule has 1 aromatic carbocycles. The highest BCUT2D eigenvalue weighted by molar-refractivity contribution is 5.98. The van der Waals surface area contributed by atoms with Gasteiger partial charge in [0.2, 0.25) is 0 Å². The number of nitrogens with zero attached hydrogens (tertiary/aromatic N) is 5. The summed E-state index contributed by atoms with van der Waals surface area (Å²) in [5, 5.41) is 5.34. The zero-order chi connectivity index (χ0) is 20.5. The van der Waals surface area contributed by atoms with E-state index < -0.39 is 0 Å². The van der Waals surface area contributed by atoms with Gasteiger partial charge in [0.1, 0.15) is 0 Å². The number of para-hydroxylation sites is 1. The summed E-state index contributed by atoms with van der Waals surface area (Å²) in [5.74, 6) is -0.0306. The topological polar surface area (TPSA) is 63.5 Å². The molecule has 3 aromatic rings. The van der Waals surface area contributed by atoms with Crippen LogP contribution in [-0.4, -0.2) is 58.9 Å². The van der Waals surface area contributed by atoms with Gasteiger partial charge < -0.3 is 14.5 Å². The molecule has 4 rings (SSSR count). The van der Waals surface area contributed by atoms with Gasteiger partial charge in [0.25, 0.3) is 5.91 Å². The molecule has 152 valence electrons. The molecule has 0 unspecified atom stereocenters. The number of amides is 1. The smallest absolute Gasteiger partial charge is 0.255 e. The van der Waals surface area contributed by atoms with Gasteiger partial charge in [-0.25, -0.2) is 4.98 Å². The summed E-state index contributed by atoms with van der Waals surface area (Å²) in [6, 6.07) is 10.2. The van der Waals surface area contributed by atoms with E-state index in [0.717, 1.165) is 54.3 Å². The van der Waals surface area contributed by atoms with Gasteiger partial charge >= 0.3 is 0 Å². The lowest BCUT2D eigenvalue weighted by atomic mass is 10.1. The highest BCUT2D eigenvalue weighted by Crippen LogP contribution is 2.24. The number of anilines is 1. The number of benzene rings is 1.